The standard InChI is InChI=1S/C30H35NO/c1-3-16-31(17-4-2)21-22-10-11-25-19-27(14-12-24(25)18-22)32-30-26-13-15-28(29(30)20-26)23-8-6-5-7-9-23/h5-9,12-15,19-20,22,30H,3-4,10-11,16-18,21H2,1-2H3. The molecule has 0 aliphatic heterocycles. The molecule has 0 heterocycles. The second-order valence-corrected chi connectivity index (χ2v) is 9.55. The van der Waals surface area contributed by atoms with Gasteiger partial charge in [-0.3, -0.25) is 0 Å². The molecule has 2 atom stereocenters. The number of allylic oxidation sites excluding steroid dienone is 2. The Morgan fingerprint density at radius 2 is 1.75 bits per heavy atom. The SMILES string of the molecule is CCCN(CCC)CC1CCc2cc(OC3c4ccc(-c5ccccc5)c3c4)ccc2C1. The van der Waals surface area contributed by atoms with Gasteiger partial charge in [-0.1, -0.05) is 62.4 Å². The summed E-state index contributed by atoms with van der Waals surface area (Å²) in [4.78, 5) is 2.67. The quantitative estimate of drug-likeness (QED) is 0.447. The molecule has 0 saturated carbocycles. The molecule has 0 saturated heterocycles. The molecule has 2 aromatic rings. The molecule has 32 heavy (non-hydrogen) atoms. The molecule has 166 valence electrons. The number of nitrogens with zero attached hydrogens (tertiary/aromatic N) is 1. The molecule has 0 N–H and O–H groups in total. The average Bonchev–Trinajstić information content (AvgIpc) is 2.83. The average molecular weight is 426 g/mol. The summed E-state index contributed by atoms with van der Waals surface area (Å²) in [5, 5.41) is 0. The van der Waals surface area contributed by atoms with E-state index in [4.69, 9.17) is 4.74 Å². The number of benzene rings is 2. The fourth-order valence-electron chi connectivity index (χ4n) is 5.52. The highest BCUT2D eigenvalue weighted by Crippen LogP contribution is 2.43. The molecule has 3 aliphatic carbocycles. The van der Waals surface area contributed by atoms with Crippen molar-refractivity contribution in [1.82, 2.24) is 4.90 Å². The van der Waals surface area contributed by atoms with E-state index in [0.29, 0.717) is 0 Å². The zero-order valence-corrected chi connectivity index (χ0v) is 19.5. The van der Waals surface area contributed by atoms with Gasteiger partial charge in [0.05, 0.1) is 0 Å². The molecular weight excluding hydrogens is 390 g/mol. The molecular formula is C30H35NO. The normalized spacial score (nSPS) is 21.3. The highest BCUT2D eigenvalue weighted by atomic mass is 16.5. The molecule has 2 unspecified atom stereocenters. The molecule has 0 fully saturated rings. The Kier molecular flexibility index (Phi) is 6.32. The van der Waals surface area contributed by atoms with Gasteiger partial charge in [-0.2, -0.15) is 0 Å². The van der Waals surface area contributed by atoms with E-state index in [2.05, 4.69) is 85.5 Å². The molecule has 0 amide bonds. The number of hydrogen-bond donors (Lipinski definition) is 0. The lowest BCUT2D eigenvalue weighted by atomic mass is 9.77. The first kappa shape index (κ1) is 21.3. The minimum atomic E-state index is 0.0706. The van der Waals surface area contributed by atoms with Gasteiger partial charge in [-0.05, 0) is 97.2 Å². The van der Waals surface area contributed by atoms with Gasteiger partial charge in [0.1, 0.15) is 11.9 Å². The van der Waals surface area contributed by atoms with Crippen LogP contribution in [0.1, 0.15) is 49.8 Å². The van der Waals surface area contributed by atoms with Crippen molar-refractivity contribution in [3.8, 4) is 5.75 Å². The van der Waals surface area contributed by atoms with Crippen molar-refractivity contribution in [3.05, 3.63) is 94.6 Å². The van der Waals surface area contributed by atoms with Gasteiger partial charge in [0.2, 0.25) is 0 Å². The van der Waals surface area contributed by atoms with Crippen LogP contribution >= 0.6 is 0 Å². The van der Waals surface area contributed by atoms with Gasteiger partial charge >= 0.3 is 0 Å². The van der Waals surface area contributed by atoms with Gasteiger partial charge in [0.25, 0.3) is 0 Å². The van der Waals surface area contributed by atoms with Crippen LogP contribution in [0.15, 0.2) is 77.9 Å². The van der Waals surface area contributed by atoms with E-state index < -0.39 is 0 Å². The Balaban J connectivity index is 1.23. The molecule has 5 rings (SSSR count). The van der Waals surface area contributed by atoms with Crippen molar-refractivity contribution >= 4 is 5.57 Å². The number of aryl methyl sites for hydroxylation is 1. The van der Waals surface area contributed by atoms with Crippen LogP contribution in [0, 0.1) is 5.92 Å². The highest BCUT2D eigenvalue weighted by molar-refractivity contribution is 5.88. The predicted octanol–water partition coefficient (Wildman–Crippen LogP) is 6.62. The second kappa shape index (κ2) is 9.50. The summed E-state index contributed by atoms with van der Waals surface area (Å²) >= 11 is 0. The van der Waals surface area contributed by atoms with E-state index in [1.807, 2.05) is 0 Å². The van der Waals surface area contributed by atoms with Crippen LogP contribution in [-0.4, -0.2) is 30.6 Å². The van der Waals surface area contributed by atoms with E-state index in [1.165, 1.54) is 85.1 Å². The number of hydrogen-bond acceptors (Lipinski definition) is 2. The maximum absolute atomic E-state index is 6.50. The molecule has 2 nitrogen and oxygen atoms in total. The van der Waals surface area contributed by atoms with Crippen molar-refractivity contribution in [2.45, 2.75) is 52.1 Å². The van der Waals surface area contributed by atoms with E-state index in [1.54, 1.807) is 0 Å². The Morgan fingerprint density at radius 1 is 0.938 bits per heavy atom. The number of fused-ring (bicyclic) bond motifs is 3. The number of rotatable bonds is 9. The Labute approximate surface area is 193 Å². The fourth-order valence-corrected chi connectivity index (χ4v) is 5.52. The van der Waals surface area contributed by atoms with Crippen LogP contribution in [0.25, 0.3) is 5.57 Å². The number of ether oxygens (including phenoxy) is 1. The van der Waals surface area contributed by atoms with Crippen molar-refractivity contribution in [2.75, 3.05) is 19.6 Å². The Bertz CT molecular complexity index is 1040. The van der Waals surface area contributed by atoms with Crippen LogP contribution in [0.2, 0.25) is 0 Å². The Hall–Kier alpha value is -2.58. The lowest BCUT2D eigenvalue weighted by Gasteiger charge is -2.36. The summed E-state index contributed by atoms with van der Waals surface area (Å²) < 4.78 is 6.50. The van der Waals surface area contributed by atoms with Crippen molar-refractivity contribution in [1.29, 1.82) is 0 Å². The minimum absolute atomic E-state index is 0.0706. The third kappa shape index (κ3) is 4.34. The predicted molar refractivity (Wildman–Crippen MR) is 134 cm³/mol. The minimum Gasteiger partial charge on any atom is -0.481 e. The maximum atomic E-state index is 6.50. The van der Waals surface area contributed by atoms with Crippen LogP contribution in [0.4, 0.5) is 0 Å². The third-order valence-corrected chi connectivity index (χ3v) is 7.10. The first-order valence-corrected chi connectivity index (χ1v) is 12.4. The topological polar surface area (TPSA) is 12.5 Å². The summed E-state index contributed by atoms with van der Waals surface area (Å²) in [7, 11) is 0. The first-order chi connectivity index (χ1) is 15.7. The lowest BCUT2D eigenvalue weighted by Crippen LogP contribution is -2.33. The van der Waals surface area contributed by atoms with Gasteiger partial charge in [0.15, 0.2) is 0 Å². The van der Waals surface area contributed by atoms with Crippen LogP contribution < -0.4 is 4.74 Å². The molecule has 2 heteroatoms. The summed E-state index contributed by atoms with van der Waals surface area (Å²) in [6, 6.07) is 17.5. The zero-order chi connectivity index (χ0) is 21.9. The lowest BCUT2D eigenvalue weighted by molar-refractivity contribution is 0.219. The smallest absolute Gasteiger partial charge is 0.149 e. The second-order valence-electron chi connectivity index (χ2n) is 9.55. The van der Waals surface area contributed by atoms with E-state index in [0.717, 1.165) is 11.7 Å². The van der Waals surface area contributed by atoms with E-state index in [9.17, 15) is 0 Å². The molecule has 2 bridgehead atoms. The molecule has 3 aliphatic rings. The molecule has 0 spiro atoms. The monoisotopic (exact) mass is 425 g/mol. The van der Waals surface area contributed by atoms with Crippen LogP contribution in [-0.2, 0) is 12.8 Å². The fraction of sp³-hybridized carbons (Fsp3) is 0.400. The van der Waals surface area contributed by atoms with Crippen LogP contribution in [0.5, 0.6) is 5.75 Å². The molecule has 0 radical (unpaired) electrons. The van der Waals surface area contributed by atoms with Crippen molar-refractivity contribution < 1.29 is 4.74 Å². The van der Waals surface area contributed by atoms with Gasteiger partial charge in [-0.15, -0.1) is 0 Å². The third-order valence-electron chi connectivity index (χ3n) is 7.10. The Morgan fingerprint density at radius 3 is 2.50 bits per heavy atom. The van der Waals surface area contributed by atoms with Gasteiger partial charge in [0, 0.05) is 12.1 Å². The van der Waals surface area contributed by atoms with Crippen molar-refractivity contribution in [2.24, 2.45) is 5.92 Å². The van der Waals surface area contributed by atoms with Crippen LogP contribution in [0.3, 0.4) is 0 Å². The summed E-state index contributed by atoms with van der Waals surface area (Å²) in [5.41, 5.74) is 8.15. The summed E-state index contributed by atoms with van der Waals surface area (Å²) in [6.07, 6.45) is 13.0. The summed E-state index contributed by atoms with van der Waals surface area (Å²) in [6.45, 7) is 8.30. The highest BCUT2D eigenvalue weighted by Gasteiger charge is 2.34. The molecule has 2 aromatic carbocycles. The van der Waals surface area contributed by atoms with E-state index in [-0.39, 0.29) is 6.10 Å². The van der Waals surface area contributed by atoms with Gasteiger partial charge in [-0.25, -0.2) is 0 Å². The van der Waals surface area contributed by atoms with Crippen molar-refractivity contribution in [3.63, 3.8) is 0 Å². The summed E-state index contributed by atoms with van der Waals surface area (Å²) in [5.74, 6) is 1.80. The van der Waals surface area contributed by atoms with E-state index >= 15 is 0 Å². The zero-order valence-electron chi connectivity index (χ0n) is 19.5. The maximum Gasteiger partial charge on any atom is 0.149 e. The molecule has 0 aromatic heterocycles. The van der Waals surface area contributed by atoms with Gasteiger partial charge < -0.3 is 9.64 Å². The first-order valence-electron chi connectivity index (χ1n) is 12.4. The largest absolute Gasteiger partial charge is 0.481 e.